The summed E-state index contributed by atoms with van der Waals surface area (Å²) in [6.07, 6.45) is 0.675. The summed E-state index contributed by atoms with van der Waals surface area (Å²) < 4.78 is 38.5. The number of hydrogen-bond donors (Lipinski definition) is 0. The molecule has 0 aliphatic heterocycles. The Hall–Kier alpha value is -0.220. The molecule has 1 aliphatic carbocycles. The zero-order chi connectivity index (χ0) is 13.4. The lowest BCUT2D eigenvalue weighted by Crippen LogP contribution is -2.46. The van der Waals surface area contributed by atoms with Crippen molar-refractivity contribution in [3.8, 4) is 0 Å². The van der Waals surface area contributed by atoms with E-state index in [2.05, 4.69) is 0 Å². The summed E-state index contributed by atoms with van der Waals surface area (Å²) in [4.78, 5) is 0. The lowest BCUT2D eigenvalue weighted by atomic mass is 9.91. The SMILES string of the molecule is CCCCOC1CCC(OCCCC)C(F)C1F. The van der Waals surface area contributed by atoms with Crippen LogP contribution in [0, 0.1) is 0 Å². The Morgan fingerprint density at radius 2 is 1.22 bits per heavy atom. The van der Waals surface area contributed by atoms with Crippen molar-refractivity contribution in [3.05, 3.63) is 0 Å². The van der Waals surface area contributed by atoms with Gasteiger partial charge in [-0.15, -0.1) is 0 Å². The molecule has 0 amide bonds. The third-order valence-electron chi connectivity index (χ3n) is 3.41. The van der Waals surface area contributed by atoms with E-state index in [1.807, 2.05) is 13.8 Å². The second-order valence-electron chi connectivity index (χ2n) is 4.99. The summed E-state index contributed by atoms with van der Waals surface area (Å²) in [5.74, 6) is 0. The van der Waals surface area contributed by atoms with Gasteiger partial charge in [-0.3, -0.25) is 0 Å². The standard InChI is InChI=1S/C14H26F2O2/c1-3-5-9-17-11-7-8-12(14(16)13(11)15)18-10-6-4-2/h11-14H,3-10H2,1-2H3. The maximum absolute atomic E-state index is 13.8. The molecule has 0 spiro atoms. The molecule has 0 N–H and O–H groups in total. The summed E-state index contributed by atoms with van der Waals surface area (Å²) in [6.45, 7) is 5.14. The molecule has 1 saturated carbocycles. The topological polar surface area (TPSA) is 18.5 Å². The fourth-order valence-corrected chi connectivity index (χ4v) is 2.17. The van der Waals surface area contributed by atoms with Crippen molar-refractivity contribution in [1.29, 1.82) is 0 Å². The fourth-order valence-electron chi connectivity index (χ4n) is 2.17. The van der Waals surface area contributed by atoms with Crippen molar-refractivity contribution in [2.24, 2.45) is 0 Å². The van der Waals surface area contributed by atoms with Crippen LogP contribution in [-0.2, 0) is 9.47 Å². The predicted octanol–water partition coefficient (Wildman–Crippen LogP) is 3.83. The minimum atomic E-state index is -1.54. The van der Waals surface area contributed by atoms with Gasteiger partial charge in [-0.05, 0) is 25.7 Å². The van der Waals surface area contributed by atoms with Gasteiger partial charge in [0.2, 0.25) is 0 Å². The van der Waals surface area contributed by atoms with Gasteiger partial charge in [0, 0.05) is 13.2 Å². The van der Waals surface area contributed by atoms with Gasteiger partial charge in [0.25, 0.3) is 0 Å². The van der Waals surface area contributed by atoms with Crippen molar-refractivity contribution >= 4 is 0 Å². The molecule has 0 aromatic carbocycles. The largest absolute Gasteiger partial charge is 0.375 e. The molecule has 0 saturated heterocycles. The van der Waals surface area contributed by atoms with Gasteiger partial charge < -0.3 is 9.47 Å². The van der Waals surface area contributed by atoms with Crippen LogP contribution in [0.1, 0.15) is 52.4 Å². The Morgan fingerprint density at radius 3 is 1.56 bits per heavy atom. The van der Waals surface area contributed by atoms with E-state index in [9.17, 15) is 8.78 Å². The van der Waals surface area contributed by atoms with Crippen molar-refractivity contribution in [1.82, 2.24) is 0 Å². The number of unbranched alkanes of at least 4 members (excludes halogenated alkanes) is 2. The lowest BCUT2D eigenvalue weighted by Gasteiger charge is -2.34. The molecular weight excluding hydrogens is 238 g/mol. The number of alkyl halides is 2. The molecule has 0 aromatic heterocycles. The molecule has 0 heterocycles. The number of rotatable bonds is 8. The minimum Gasteiger partial charge on any atom is -0.375 e. The molecule has 4 heteroatoms. The van der Waals surface area contributed by atoms with Crippen molar-refractivity contribution in [2.75, 3.05) is 13.2 Å². The van der Waals surface area contributed by atoms with E-state index in [1.54, 1.807) is 0 Å². The molecule has 0 aromatic rings. The van der Waals surface area contributed by atoms with E-state index >= 15 is 0 Å². The summed E-state index contributed by atoms with van der Waals surface area (Å²) in [5.41, 5.74) is 0. The minimum absolute atomic E-state index is 0.523. The highest BCUT2D eigenvalue weighted by atomic mass is 19.2. The first-order chi connectivity index (χ1) is 8.70. The molecule has 18 heavy (non-hydrogen) atoms. The predicted molar refractivity (Wildman–Crippen MR) is 68.3 cm³/mol. The van der Waals surface area contributed by atoms with Crippen LogP contribution in [0.25, 0.3) is 0 Å². The number of hydrogen-bond acceptors (Lipinski definition) is 2. The number of ether oxygens (including phenoxy) is 2. The van der Waals surface area contributed by atoms with E-state index in [1.165, 1.54) is 0 Å². The summed E-state index contributed by atoms with van der Waals surface area (Å²) in [7, 11) is 0. The van der Waals surface area contributed by atoms with Crippen LogP contribution in [0.3, 0.4) is 0 Å². The molecular formula is C14H26F2O2. The summed E-state index contributed by atoms with van der Waals surface area (Å²) in [6, 6.07) is 0. The number of halogens is 2. The Kier molecular flexibility index (Phi) is 7.75. The highest BCUT2D eigenvalue weighted by Gasteiger charge is 2.41. The normalized spacial score (nSPS) is 32.7. The van der Waals surface area contributed by atoms with E-state index in [0.717, 1.165) is 25.7 Å². The summed E-state index contributed by atoms with van der Waals surface area (Å²) >= 11 is 0. The smallest absolute Gasteiger partial charge is 0.160 e. The van der Waals surface area contributed by atoms with E-state index in [-0.39, 0.29) is 0 Å². The third-order valence-corrected chi connectivity index (χ3v) is 3.41. The van der Waals surface area contributed by atoms with Crippen molar-refractivity contribution in [3.63, 3.8) is 0 Å². The van der Waals surface area contributed by atoms with Gasteiger partial charge >= 0.3 is 0 Å². The van der Waals surface area contributed by atoms with Crippen molar-refractivity contribution < 1.29 is 18.3 Å². The lowest BCUT2D eigenvalue weighted by molar-refractivity contribution is -0.118. The maximum Gasteiger partial charge on any atom is 0.160 e. The first-order valence-corrected chi connectivity index (χ1v) is 7.22. The van der Waals surface area contributed by atoms with Gasteiger partial charge in [0.05, 0.1) is 12.2 Å². The Labute approximate surface area is 109 Å². The summed E-state index contributed by atoms with van der Waals surface area (Å²) in [5, 5.41) is 0. The zero-order valence-electron chi connectivity index (χ0n) is 11.5. The average Bonchev–Trinajstić information content (AvgIpc) is 2.37. The molecule has 0 bridgehead atoms. The zero-order valence-corrected chi connectivity index (χ0v) is 11.5. The quantitative estimate of drug-likeness (QED) is 0.620. The van der Waals surface area contributed by atoms with Gasteiger partial charge in [0.15, 0.2) is 12.3 Å². The van der Waals surface area contributed by atoms with Crippen molar-refractivity contribution in [2.45, 2.75) is 76.9 Å². The Bertz CT molecular complexity index is 192. The van der Waals surface area contributed by atoms with Crippen LogP contribution in [-0.4, -0.2) is 37.8 Å². The first kappa shape index (κ1) is 15.8. The molecule has 4 atom stereocenters. The second kappa shape index (κ2) is 8.81. The molecule has 108 valence electrons. The first-order valence-electron chi connectivity index (χ1n) is 7.22. The third kappa shape index (κ3) is 4.81. The highest BCUT2D eigenvalue weighted by Crippen LogP contribution is 2.29. The molecule has 2 nitrogen and oxygen atoms in total. The van der Waals surface area contributed by atoms with Crippen LogP contribution in [0.15, 0.2) is 0 Å². The van der Waals surface area contributed by atoms with E-state index in [0.29, 0.717) is 26.1 Å². The monoisotopic (exact) mass is 264 g/mol. The Morgan fingerprint density at radius 1 is 0.833 bits per heavy atom. The Balaban J connectivity index is 2.30. The fraction of sp³-hybridized carbons (Fsp3) is 1.00. The molecule has 1 rings (SSSR count). The van der Waals surface area contributed by atoms with Gasteiger partial charge in [0.1, 0.15) is 0 Å². The molecule has 1 fully saturated rings. The van der Waals surface area contributed by atoms with E-state index < -0.39 is 24.6 Å². The maximum atomic E-state index is 13.8. The molecule has 0 radical (unpaired) electrons. The highest BCUT2D eigenvalue weighted by molar-refractivity contribution is 4.89. The van der Waals surface area contributed by atoms with Crippen LogP contribution in [0.2, 0.25) is 0 Å². The molecule has 4 unspecified atom stereocenters. The van der Waals surface area contributed by atoms with Crippen LogP contribution >= 0.6 is 0 Å². The van der Waals surface area contributed by atoms with Gasteiger partial charge in [-0.2, -0.15) is 0 Å². The second-order valence-corrected chi connectivity index (χ2v) is 4.99. The van der Waals surface area contributed by atoms with Gasteiger partial charge in [-0.25, -0.2) is 8.78 Å². The molecule has 1 aliphatic rings. The van der Waals surface area contributed by atoms with Crippen LogP contribution in [0.4, 0.5) is 8.78 Å². The van der Waals surface area contributed by atoms with E-state index in [4.69, 9.17) is 9.47 Å². The average molecular weight is 264 g/mol. The van der Waals surface area contributed by atoms with Crippen LogP contribution in [0.5, 0.6) is 0 Å². The van der Waals surface area contributed by atoms with Gasteiger partial charge in [-0.1, -0.05) is 26.7 Å². The van der Waals surface area contributed by atoms with Crippen LogP contribution < -0.4 is 0 Å².